The Morgan fingerprint density at radius 1 is 0.258 bits per heavy atom. The van der Waals surface area contributed by atoms with Gasteiger partial charge in [-0.2, -0.15) is 9.97 Å². The van der Waals surface area contributed by atoms with Gasteiger partial charge in [-0.1, -0.05) is 182 Å². The highest BCUT2D eigenvalue weighted by Crippen LogP contribution is 2.39. The molecule has 0 spiro atoms. The average Bonchev–Trinajstić information content (AvgIpc) is 3.87. The minimum absolute atomic E-state index is 0.561. The van der Waals surface area contributed by atoms with E-state index in [0.29, 0.717) is 17.6 Å². The third-order valence-electron chi connectivity index (χ3n) is 12.0. The number of rotatable bonds is 7. The number of aromatic nitrogens is 5. The Hall–Kier alpha value is -8.41. The lowest BCUT2D eigenvalue weighted by molar-refractivity contribution is 0.952. The zero-order chi connectivity index (χ0) is 41.0. The van der Waals surface area contributed by atoms with Gasteiger partial charge >= 0.3 is 0 Å². The second kappa shape index (κ2) is 14.7. The molecule has 12 aromatic rings. The van der Waals surface area contributed by atoms with Crippen LogP contribution in [0.25, 0.3) is 111 Å². The van der Waals surface area contributed by atoms with Crippen LogP contribution in [0.4, 0.5) is 0 Å². The van der Waals surface area contributed by atoms with E-state index in [1.807, 2.05) is 6.07 Å². The zero-order valence-corrected chi connectivity index (χ0v) is 33.6. The van der Waals surface area contributed by atoms with Gasteiger partial charge in [0.15, 0.2) is 11.6 Å². The van der Waals surface area contributed by atoms with Crippen LogP contribution in [0.5, 0.6) is 0 Å². The van der Waals surface area contributed by atoms with E-state index in [9.17, 15) is 0 Å². The van der Waals surface area contributed by atoms with E-state index in [2.05, 4.69) is 228 Å². The molecule has 0 saturated heterocycles. The monoisotopic (exact) mass is 791 g/mol. The predicted octanol–water partition coefficient (Wildman–Crippen LogP) is 14.4. The molecule has 0 atom stereocenters. The summed E-state index contributed by atoms with van der Waals surface area (Å²) in [7, 11) is 0. The second-order valence-electron chi connectivity index (χ2n) is 15.6. The number of fused-ring (bicyclic) bond motifs is 6. The molecular formula is C57H37N5. The van der Waals surface area contributed by atoms with Crippen LogP contribution in [-0.4, -0.2) is 24.1 Å². The number of nitrogens with zero attached hydrogens (tertiary/aromatic N) is 5. The third-order valence-corrected chi connectivity index (χ3v) is 12.0. The molecule has 0 saturated carbocycles. The summed E-state index contributed by atoms with van der Waals surface area (Å²) < 4.78 is 4.56. The van der Waals surface area contributed by atoms with Crippen molar-refractivity contribution >= 4 is 43.6 Å². The molecule has 0 aliphatic heterocycles. The van der Waals surface area contributed by atoms with Crippen molar-refractivity contribution < 1.29 is 0 Å². The summed E-state index contributed by atoms with van der Waals surface area (Å²) in [4.78, 5) is 16.1. The van der Waals surface area contributed by atoms with Crippen molar-refractivity contribution in [3.05, 3.63) is 224 Å². The summed E-state index contributed by atoms with van der Waals surface area (Å²) in [6.45, 7) is 0. The standard InChI is InChI=1S/C57H37N5/c1-3-16-38(17-4-1)40-30-32-41(33-31-40)43-34-35-48-47-24-7-11-26-50(47)61(54(48)37-43)53-29-14-10-25-49(53)56-58-55(44-21-15-20-42(36-44)39-18-5-2-6-19-39)59-57(60-56)62-51-27-12-8-22-45(51)46-23-9-13-28-52(46)62/h1-37H. The van der Waals surface area contributed by atoms with Gasteiger partial charge in [0, 0.05) is 32.7 Å². The van der Waals surface area contributed by atoms with Crippen LogP contribution >= 0.6 is 0 Å². The van der Waals surface area contributed by atoms with Gasteiger partial charge in [0.2, 0.25) is 5.95 Å². The highest BCUT2D eigenvalue weighted by atomic mass is 15.2. The number of hydrogen-bond acceptors (Lipinski definition) is 3. The molecule has 0 N–H and O–H groups in total. The summed E-state index contributed by atoms with van der Waals surface area (Å²) >= 11 is 0. The van der Waals surface area contributed by atoms with Crippen molar-refractivity contribution in [2.24, 2.45) is 0 Å². The van der Waals surface area contributed by atoms with Crippen LogP contribution in [0.2, 0.25) is 0 Å². The minimum atomic E-state index is 0.561. The van der Waals surface area contributed by atoms with E-state index < -0.39 is 0 Å². The average molecular weight is 792 g/mol. The van der Waals surface area contributed by atoms with Gasteiger partial charge in [0.1, 0.15) is 0 Å². The summed E-state index contributed by atoms with van der Waals surface area (Å²) in [5.41, 5.74) is 14.0. The van der Waals surface area contributed by atoms with E-state index in [1.54, 1.807) is 0 Å². The largest absolute Gasteiger partial charge is 0.308 e. The second-order valence-corrected chi connectivity index (χ2v) is 15.6. The Bertz CT molecular complexity index is 3570. The maximum atomic E-state index is 5.41. The Kier molecular flexibility index (Phi) is 8.42. The predicted molar refractivity (Wildman–Crippen MR) is 256 cm³/mol. The molecule has 12 rings (SSSR count). The number of hydrogen-bond donors (Lipinski definition) is 0. The highest BCUT2D eigenvalue weighted by molar-refractivity contribution is 6.11. The number of benzene rings is 9. The van der Waals surface area contributed by atoms with Crippen molar-refractivity contribution in [3.63, 3.8) is 0 Å². The molecule has 0 amide bonds. The highest BCUT2D eigenvalue weighted by Gasteiger charge is 2.21. The molecule has 3 aromatic heterocycles. The van der Waals surface area contributed by atoms with Crippen LogP contribution in [0, 0.1) is 0 Å². The van der Waals surface area contributed by atoms with Crippen LogP contribution in [-0.2, 0) is 0 Å². The Morgan fingerprint density at radius 3 is 1.35 bits per heavy atom. The topological polar surface area (TPSA) is 48.5 Å². The van der Waals surface area contributed by atoms with Crippen LogP contribution in [0.15, 0.2) is 224 Å². The molecule has 0 aliphatic carbocycles. The molecule has 290 valence electrons. The molecule has 0 bridgehead atoms. The van der Waals surface area contributed by atoms with Crippen molar-refractivity contribution in [2.75, 3.05) is 0 Å². The summed E-state index contributed by atoms with van der Waals surface area (Å²) in [6.07, 6.45) is 0. The van der Waals surface area contributed by atoms with Gasteiger partial charge < -0.3 is 4.57 Å². The van der Waals surface area contributed by atoms with Gasteiger partial charge in [-0.3, -0.25) is 4.57 Å². The molecule has 3 heterocycles. The fraction of sp³-hybridized carbons (Fsp3) is 0. The summed E-state index contributed by atoms with van der Waals surface area (Å²) in [6, 6.07) is 79.3. The van der Waals surface area contributed by atoms with Crippen molar-refractivity contribution in [1.82, 2.24) is 24.1 Å². The molecule has 62 heavy (non-hydrogen) atoms. The SMILES string of the molecule is c1ccc(-c2ccc(-c3ccc4c5ccccc5n(-c5ccccc5-c5nc(-c6cccc(-c7ccccc7)c6)nc(-n6c7ccccc7c7ccccc76)n5)c4c3)cc2)cc1. The van der Waals surface area contributed by atoms with Crippen LogP contribution < -0.4 is 0 Å². The number of para-hydroxylation sites is 4. The Morgan fingerprint density at radius 2 is 0.694 bits per heavy atom. The van der Waals surface area contributed by atoms with E-state index in [1.165, 1.54) is 21.9 Å². The van der Waals surface area contributed by atoms with E-state index >= 15 is 0 Å². The molecule has 0 unspecified atom stereocenters. The fourth-order valence-corrected chi connectivity index (χ4v) is 9.07. The molecule has 5 heteroatoms. The van der Waals surface area contributed by atoms with Crippen molar-refractivity contribution in [2.45, 2.75) is 0 Å². The molecule has 0 radical (unpaired) electrons. The lowest BCUT2D eigenvalue weighted by Crippen LogP contribution is -2.07. The van der Waals surface area contributed by atoms with Crippen molar-refractivity contribution in [3.8, 4) is 67.8 Å². The summed E-state index contributed by atoms with van der Waals surface area (Å²) in [5, 5.41) is 4.66. The van der Waals surface area contributed by atoms with Crippen LogP contribution in [0.3, 0.4) is 0 Å². The first kappa shape index (κ1) is 35.5. The minimum Gasteiger partial charge on any atom is -0.308 e. The van der Waals surface area contributed by atoms with Gasteiger partial charge in [-0.05, 0) is 75.8 Å². The van der Waals surface area contributed by atoms with E-state index in [-0.39, 0.29) is 0 Å². The Balaban J connectivity index is 1.08. The smallest absolute Gasteiger partial charge is 0.238 e. The molecule has 9 aromatic carbocycles. The van der Waals surface area contributed by atoms with E-state index in [0.717, 1.165) is 71.9 Å². The Labute approximate surface area is 358 Å². The maximum Gasteiger partial charge on any atom is 0.238 e. The lowest BCUT2D eigenvalue weighted by atomic mass is 9.99. The van der Waals surface area contributed by atoms with E-state index in [4.69, 9.17) is 15.0 Å². The molecule has 5 nitrogen and oxygen atoms in total. The zero-order valence-electron chi connectivity index (χ0n) is 33.6. The summed E-state index contributed by atoms with van der Waals surface area (Å²) in [5.74, 6) is 1.75. The molecule has 0 aliphatic rings. The van der Waals surface area contributed by atoms with Crippen LogP contribution in [0.1, 0.15) is 0 Å². The van der Waals surface area contributed by atoms with Gasteiger partial charge in [-0.15, -0.1) is 0 Å². The van der Waals surface area contributed by atoms with Gasteiger partial charge in [0.05, 0.1) is 27.8 Å². The molecule has 0 fully saturated rings. The maximum absolute atomic E-state index is 5.41. The van der Waals surface area contributed by atoms with Crippen molar-refractivity contribution in [1.29, 1.82) is 0 Å². The first-order valence-electron chi connectivity index (χ1n) is 20.9. The quantitative estimate of drug-likeness (QED) is 0.162. The third kappa shape index (κ3) is 5.98. The van der Waals surface area contributed by atoms with Gasteiger partial charge in [-0.25, -0.2) is 4.98 Å². The fourth-order valence-electron chi connectivity index (χ4n) is 9.07. The van der Waals surface area contributed by atoms with Gasteiger partial charge in [0.25, 0.3) is 0 Å². The lowest BCUT2D eigenvalue weighted by Gasteiger charge is -2.15. The first-order valence-corrected chi connectivity index (χ1v) is 20.9. The molecular weight excluding hydrogens is 755 g/mol. The first-order chi connectivity index (χ1) is 30.7. The normalized spacial score (nSPS) is 11.5.